The van der Waals surface area contributed by atoms with Gasteiger partial charge in [-0.25, -0.2) is 0 Å². The van der Waals surface area contributed by atoms with Gasteiger partial charge in [0.2, 0.25) is 0 Å². The van der Waals surface area contributed by atoms with E-state index in [1.807, 2.05) is 6.92 Å². The lowest BCUT2D eigenvalue weighted by molar-refractivity contribution is -0.124. The zero-order valence-corrected chi connectivity index (χ0v) is 16.4. The Morgan fingerprint density at radius 1 is 1.15 bits per heavy atom. The summed E-state index contributed by atoms with van der Waals surface area (Å²) < 4.78 is 0. The topological polar surface area (TPSA) is 60.8 Å². The summed E-state index contributed by atoms with van der Waals surface area (Å²) in [6.45, 7) is 5.92. The first-order valence-electron chi connectivity index (χ1n) is 10.3. The number of aromatic hydroxyl groups is 1. The van der Waals surface area contributed by atoms with Crippen LogP contribution in [0.3, 0.4) is 0 Å². The number of nitrogens with zero attached hydrogens (tertiary/aromatic N) is 1. The fraction of sp³-hybridized carbons (Fsp3) is 0.682. The molecule has 4 nitrogen and oxygen atoms in total. The van der Waals surface area contributed by atoms with Crippen molar-refractivity contribution in [3.05, 3.63) is 29.8 Å². The van der Waals surface area contributed by atoms with E-state index in [2.05, 4.69) is 11.8 Å². The maximum absolute atomic E-state index is 12.4. The van der Waals surface area contributed by atoms with Crippen LogP contribution in [0.5, 0.6) is 5.75 Å². The second-order valence-electron chi connectivity index (χ2n) is 7.72. The lowest BCUT2D eigenvalue weighted by atomic mass is 9.85. The van der Waals surface area contributed by atoms with Crippen molar-refractivity contribution in [2.24, 2.45) is 5.92 Å². The third-order valence-electron chi connectivity index (χ3n) is 5.71. The lowest BCUT2D eigenvalue weighted by Gasteiger charge is -2.32. The number of aliphatic hydroxyl groups is 1. The highest BCUT2D eigenvalue weighted by Crippen LogP contribution is 2.26. The predicted molar refractivity (Wildman–Crippen MR) is 105 cm³/mol. The van der Waals surface area contributed by atoms with Crippen molar-refractivity contribution < 1.29 is 15.0 Å². The molecule has 0 aromatic heterocycles. The fourth-order valence-corrected chi connectivity index (χ4v) is 4.04. The molecule has 1 aliphatic carbocycles. The molecule has 1 aromatic rings. The molecule has 0 bridgehead atoms. The quantitative estimate of drug-likeness (QED) is 0.646. The molecule has 1 fully saturated rings. The summed E-state index contributed by atoms with van der Waals surface area (Å²) in [6.07, 6.45) is 7.78. The van der Waals surface area contributed by atoms with Crippen molar-refractivity contribution in [1.82, 2.24) is 4.90 Å². The van der Waals surface area contributed by atoms with E-state index in [0.29, 0.717) is 18.1 Å². The van der Waals surface area contributed by atoms with Crippen LogP contribution in [0, 0.1) is 5.92 Å². The number of Topliss-reactive ketones (excluding diaryl/α,β-unsaturated/α-hetero) is 1. The zero-order chi connectivity index (χ0) is 18.9. The predicted octanol–water partition coefficient (Wildman–Crippen LogP) is 4.46. The summed E-state index contributed by atoms with van der Waals surface area (Å²) in [5, 5.41) is 20.1. The third kappa shape index (κ3) is 6.10. The summed E-state index contributed by atoms with van der Waals surface area (Å²) >= 11 is 0. The van der Waals surface area contributed by atoms with Crippen LogP contribution in [0.15, 0.2) is 24.3 Å². The van der Waals surface area contributed by atoms with E-state index in [0.717, 1.165) is 44.3 Å². The Balaban J connectivity index is 1.86. The van der Waals surface area contributed by atoms with Crippen molar-refractivity contribution >= 4 is 5.78 Å². The summed E-state index contributed by atoms with van der Waals surface area (Å²) in [5.74, 6) is 0.941. The molecule has 0 radical (unpaired) electrons. The van der Waals surface area contributed by atoms with Gasteiger partial charge in [0.1, 0.15) is 11.5 Å². The number of phenolic OH excluding ortho intramolecular Hbond substituents is 1. The Hall–Kier alpha value is -1.39. The highest BCUT2D eigenvalue weighted by molar-refractivity contribution is 5.81. The van der Waals surface area contributed by atoms with Crippen molar-refractivity contribution in [1.29, 1.82) is 0 Å². The first-order chi connectivity index (χ1) is 12.5. The molecule has 0 saturated heterocycles. The summed E-state index contributed by atoms with van der Waals surface area (Å²) in [5.41, 5.74) is 0.815. The molecule has 0 aliphatic heterocycles. The van der Waals surface area contributed by atoms with Gasteiger partial charge in [0.15, 0.2) is 0 Å². The minimum atomic E-state index is -0.601. The molecule has 2 rings (SSSR count). The molecule has 2 N–H and O–H groups in total. The van der Waals surface area contributed by atoms with Gasteiger partial charge in [-0.15, -0.1) is 0 Å². The molecule has 4 heteroatoms. The van der Waals surface area contributed by atoms with E-state index < -0.39 is 6.10 Å². The average molecular weight is 362 g/mol. The highest BCUT2D eigenvalue weighted by atomic mass is 16.3. The van der Waals surface area contributed by atoms with Gasteiger partial charge < -0.3 is 10.2 Å². The van der Waals surface area contributed by atoms with Crippen LogP contribution in [0.25, 0.3) is 0 Å². The zero-order valence-electron chi connectivity index (χ0n) is 16.4. The van der Waals surface area contributed by atoms with Crippen LogP contribution in [-0.4, -0.2) is 40.0 Å². The third-order valence-corrected chi connectivity index (χ3v) is 5.71. The average Bonchev–Trinajstić information content (AvgIpc) is 2.67. The molecule has 1 saturated carbocycles. The smallest absolute Gasteiger partial charge is 0.136 e. The van der Waals surface area contributed by atoms with E-state index >= 15 is 0 Å². The van der Waals surface area contributed by atoms with E-state index in [9.17, 15) is 15.0 Å². The SMILES string of the molecule is CCCN(CCCC(=O)C1CCCCC1)C(C)C(O)c1ccc(O)cc1. The molecule has 0 spiro atoms. The van der Waals surface area contributed by atoms with E-state index in [-0.39, 0.29) is 11.8 Å². The van der Waals surface area contributed by atoms with Crippen LogP contribution < -0.4 is 0 Å². The number of ketones is 1. The number of phenols is 1. The minimum absolute atomic E-state index is 0.0238. The summed E-state index contributed by atoms with van der Waals surface area (Å²) in [6, 6.07) is 6.74. The minimum Gasteiger partial charge on any atom is -0.508 e. The normalized spacial score (nSPS) is 18.0. The van der Waals surface area contributed by atoms with Crippen molar-refractivity contribution in [2.75, 3.05) is 13.1 Å². The number of aliphatic hydroxyl groups excluding tert-OH is 1. The van der Waals surface area contributed by atoms with E-state index in [1.165, 1.54) is 19.3 Å². The van der Waals surface area contributed by atoms with Crippen molar-refractivity contribution in [3.63, 3.8) is 0 Å². The standard InChI is InChI=1S/C22H35NO3/c1-3-15-23(16-7-10-21(25)18-8-5-4-6-9-18)17(2)22(26)19-11-13-20(24)14-12-19/h11-14,17-18,22,24,26H,3-10,15-16H2,1-2H3. The van der Waals surface area contributed by atoms with Gasteiger partial charge in [-0.2, -0.15) is 0 Å². The first-order valence-corrected chi connectivity index (χ1v) is 10.3. The number of rotatable bonds is 10. The van der Waals surface area contributed by atoms with Crippen LogP contribution >= 0.6 is 0 Å². The van der Waals surface area contributed by atoms with Crippen LogP contribution in [-0.2, 0) is 4.79 Å². The highest BCUT2D eigenvalue weighted by Gasteiger charge is 2.24. The number of benzene rings is 1. The Labute approximate surface area is 158 Å². The molecule has 0 heterocycles. The number of hydrogen-bond acceptors (Lipinski definition) is 4. The molecular weight excluding hydrogens is 326 g/mol. The van der Waals surface area contributed by atoms with E-state index in [1.54, 1.807) is 24.3 Å². The number of hydrogen-bond donors (Lipinski definition) is 2. The maximum Gasteiger partial charge on any atom is 0.136 e. The van der Waals surface area contributed by atoms with Gasteiger partial charge in [0.25, 0.3) is 0 Å². The van der Waals surface area contributed by atoms with Crippen LogP contribution in [0.2, 0.25) is 0 Å². The van der Waals surface area contributed by atoms with Gasteiger partial charge in [-0.3, -0.25) is 9.69 Å². The lowest BCUT2D eigenvalue weighted by Crippen LogP contribution is -2.39. The Morgan fingerprint density at radius 2 is 1.81 bits per heavy atom. The van der Waals surface area contributed by atoms with Crippen molar-refractivity contribution in [2.45, 2.75) is 77.4 Å². The number of carbonyl (C=O) groups excluding carboxylic acids is 1. The Kier molecular flexibility index (Phi) is 8.60. The molecule has 0 amide bonds. The molecular formula is C22H35NO3. The van der Waals surface area contributed by atoms with Gasteiger partial charge in [-0.05, 0) is 63.4 Å². The molecule has 1 aromatic carbocycles. The molecule has 1 aliphatic rings. The monoisotopic (exact) mass is 361 g/mol. The summed E-state index contributed by atoms with van der Waals surface area (Å²) in [7, 11) is 0. The first kappa shape index (κ1) is 20.9. The van der Waals surface area contributed by atoms with E-state index in [4.69, 9.17) is 0 Å². The second-order valence-corrected chi connectivity index (χ2v) is 7.72. The summed E-state index contributed by atoms with van der Waals surface area (Å²) in [4.78, 5) is 14.7. The largest absolute Gasteiger partial charge is 0.508 e. The number of carbonyl (C=O) groups is 1. The Morgan fingerprint density at radius 3 is 2.42 bits per heavy atom. The van der Waals surface area contributed by atoms with Crippen LogP contribution in [0.4, 0.5) is 0 Å². The Bertz CT molecular complexity index is 537. The van der Waals surface area contributed by atoms with Gasteiger partial charge in [0.05, 0.1) is 6.10 Å². The molecule has 2 atom stereocenters. The molecule has 146 valence electrons. The van der Waals surface area contributed by atoms with Gasteiger partial charge >= 0.3 is 0 Å². The molecule has 2 unspecified atom stereocenters. The maximum atomic E-state index is 12.4. The van der Waals surface area contributed by atoms with Crippen LogP contribution in [0.1, 0.15) is 76.9 Å². The van der Waals surface area contributed by atoms with Gasteiger partial charge in [0, 0.05) is 18.4 Å². The van der Waals surface area contributed by atoms with Gasteiger partial charge in [-0.1, -0.05) is 38.3 Å². The van der Waals surface area contributed by atoms with Crippen molar-refractivity contribution in [3.8, 4) is 5.75 Å². The second kappa shape index (κ2) is 10.7. The fourth-order valence-electron chi connectivity index (χ4n) is 4.04. The molecule has 26 heavy (non-hydrogen) atoms.